The van der Waals surface area contributed by atoms with Gasteiger partial charge in [-0.05, 0) is 51.5 Å². The zero-order chi connectivity index (χ0) is 19.9. The largest absolute Gasteiger partial charge is 0.487 e. The fourth-order valence-corrected chi connectivity index (χ4v) is 4.08. The van der Waals surface area contributed by atoms with Gasteiger partial charge < -0.3 is 14.8 Å². The van der Waals surface area contributed by atoms with E-state index in [1.165, 1.54) is 24.5 Å². The Labute approximate surface area is 161 Å². The van der Waals surface area contributed by atoms with E-state index in [-0.39, 0.29) is 12.2 Å². The molecule has 3 rings (SSSR count). The van der Waals surface area contributed by atoms with Crippen molar-refractivity contribution in [2.75, 3.05) is 12.4 Å². The van der Waals surface area contributed by atoms with Crippen LogP contribution >= 0.6 is 11.3 Å². The Balaban J connectivity index is 1.91. The van der Waals surface area contributed by atoms with Crippen molar-refractivity contribution in [1.29, 1.82) is 0 Å². The second-order valence-electron chi connectivity index (χ2n) is 7.11. The van der Waals surface area contributed by atoms with Gasteiger partial charge in [-0.2, -0.15) is 0 Å². The molecule has 142 valence electrons. The SMILES string of the molecule is COC(=O)c1c(NC(=O)c2ccc3c(c2)C(=O)CC(C)(C)O3)sc(C)c1C. The summed E-state index contributed by atoms with van der Waals surface area (Å²) in [7, 11) is 1.30. The molecule has 0 aliphatic carbocycles. The van der Waals surface area contributed by atoms with Crippen LogP contribution < -0.4 is 10.1 Å². The van der Waals surface area contributed by atoms with Crippen LogP contribution in [0, 0.1) is 13.8 Å². The molecule has 0 spiro atoms. The quantitative estimate of drug-likeness (QED) is 0.800. The predicted molar refractivity (Wildman–Crippen MR) is 103 cm³/mol. The lowest BCUT2D eigenvalue weighted by Crippen LogP contribution is -2.36. The maximum atomic E-state index is 12.7. The van der Waals surface area contributed by atoms with E-state index in [1.807, 2.05) is 27.7 Å². The van der Waals surface area contributed by atoms with Gasteiger partial charge >= 0.3 is 5.97 Å². The van der Waals surface area contributed by atoms with Gasteiger partial charge in [0.1, 0.15) is 16.4 Å². The van der Waals surface area contributed by atoms with Crippen molar-refractivity contribution in [1.82, 2.24) is 0 Å². The maximum absolute atomic E-state index is 12.7. The fraction of sp³-hybridized carbons (Fsp3) is 0.350. The molecule has 7 heteroatoms. The zero-order valence-corrected chi connectivity index (χ0v) is 16.7. The Morgan fingerprint density at radius 2 is 1.96 bits per heavy atom. The summed E-state index contributed by atoms with van der Waals surface area (Å²) in [6, 6.07) is 4.77. The number of rotatable bonds is 3. The van der Waals surface area contributed by atoms with Gasteiger partial charge in [-0.1, -0.05) is 0 Å². The van der Waals surface area contributed by atoms with Crippen LogP contribution in [0.3, 0.4) is 0 Å². The van der Waals surface area contributed by atoms with E-state index >= 15 is 0 Å². The highest BCUT2D eigenvalue weighted by Gasteiger charge is 2.33. The second-order valence-corrected chi connectivity index (χ2v) is 8.33. The first kappa shape index (κ1) is 19.1. The molecule has 0 bridgehead atoms. The fourth-order valence-electron chi connectivity index (χ4n) is 3.03. The van der Waals surface area contributed by atoms with Crippen LogP contribution in [0.25, 0.3) is 0 Å². The summed E-state index contributed by atoms with van der Waals surface area (Å²) in [4.78, 5) is 38.1. The number of nitrogens with one attached hydrogen (secondary N) is 1. The number of hydrogen-bond donors (Lipinski definition) is 1. The molecule has 2 aromatic rings. The molecule has 1 aromatic heterocycles. The van der Waals surface area contributed by atoms with Crippen LogP contribution in [-0.4, -0.2) is 30.4 Å². The van der Waals surface area contributed by atoms with Crippen molar-refractivity contribution in [3.63, 3.8) is 0 Å². The number of Topliss-reactive ketones (excluding diaryl/α,β-unsaturated/α-hetero) is 1. The molecule has 0 saturated heterocycles. The number of ketones is 1. The lowest BCUT2D eigenvalue weighted by molar-refractivity contribution is 0.0597. The van der Waals surface area contributed by atoms with Crippen molar-refractivity contribution in [2.24, 2.45) is 0 Å². The molecule has 0 fully saturated rings. The normalized spacial score (nSPS) is 14.9. The number of hydrogen-bond acceptors (Lipinski definition) is 6. The van der Waals surface area contributed by atoms with Gasteiger partial charge in [-0.15, -0.1) is 11.3 Å². The average molecular weight is 387 g/mol. The summed E-state index contributed by atoms with van der Waals surface area (Å²) in [5, 5.41) is 3.20. The number of anilines is 1. The Morgan fingerprint density at radius 3 is 2.63 bits per heavy atom. The van der Waals surface area contributed by atoms with Crippen LogP contribution in [0.15, 0.2) is 18.2 Å². The van der Waals surface area contributed by atoms with E-state index in [4.69, 9.17) is 9.47 Å². The monoisotopic (exact) mass is 387 g/mol. The first-order valence-electron chi connectivity index (χ1n) is 8.49. The minimum Gasteiger partial charge on any atom is -0.487 e. The summed E-state index contributed by atoms with van der Waals surface area (Å²) in [5.41, 5.74) is 1.29. The van der Waals surface area contributed by atoms with E-state index < -0.39 is 17.5 Å². The van der Waals surface area contributed by atoms with E-state index in [1.54, 1.807) is 12.1 Å². The molecule has 1 aliphatic heterocycles. The van der Waals surface area contributed by atoms with Crippen LogP contribution in [-0.2, 0) is 4.74 Å². The number of ether oxygens (including phenoxy) is 2. The van der Waals surface area contributed by atoms with Gasteiger partial charge in [0, 0.05) is 10.4 Å². The standard InChI is InChI=1S/C20H21NO5S/c1-10-11(2)27-18(16(10)19(24)25-5)21-17(23)12-6-7-15-13(8-12)14(22)9-20(3,4)26-15/h6-8H,9H2,1-5H3,(H,21,23). The lowest BCUT2D eigenvalue weighted by atomic mass is 9.92. The molecule has 1 aliphatic rings. The van der Waals surface area contributed by atoms with Crippen molar-refractivity contribution < 1.29 is 23.9 Å². The van der Waals surface area contributed by atoms with Crippen molar-refractivity contribution in [2.45, 2.75) is 39.7 Å². The molecule has 1 N–H and O–H groups in total. The Bertz CT molecular complexity index is 958. The Kier molecular flexibility index (Phi) is 4.82. The van der Waals surface area contributed by atoms with Crippen molar-refractivity contribution >= 4 is 34.0 Å². The zero-order valence-electron chi connectivity index (χ0n) is 15.9. The molecule has 0 atom stereocenters. The van der Waals surface area contributed by atoms with E-state index in [9.17, 15) is 14.4 Å². The summed E-state index contributed by atoms with van der Waals surface area (Å²) < 4.78 is 10.6. The predicted octanol–water partition coefficient (Wildman–Crippen LogP) is 4.15. The molecule has 1 aromatic carbocycles. The molecular formula is C20H21NO5S. The highest BCUT2D eigenvalue weighted by Crippen LogP contribution is 2.35. The highest BCUT2D eigenvalue weighted by molar-refractivity contribution is 7.16. The number of methoxy groups -OCH3 is 1. The Hall–Kier alpha value is -2.67. The smallest absolute Gasteiger partial charge is 0.341 e. The summed E-state index contributed by atoms with van der Waals surface area (Å²) in [6.45, 7) is 7.39. The van der Waals surface area contributed by atoms with E-state index in [2.05, 4.69) is 5.32 Å². The average Bonchev–Trinajstić information content (AvgIpc) is 2.86. The van der Waals surface area contributed by atoms with Gasteiger partial charge in [0.05, 0.1) is 24.7 Å². The first-order chi connectivity index (χ1) is 12.6. The number of esters is 1. The van der Waals surface area contributed by atoms with Crippen LogP contribution in [0.4, 0.5) is 5.00 Å². The lowest BCUT2D eigenvalue weighted by Gasteiger charge is -2.31. The van der Waals surface area contributed by atoms with E-state index in [0.29, 0.717) is 27.4 Å². The number of carbonyl (C=O) groups is 3. The summed E-state index contributed by atoms with van der Waals surface area (Å²) in [5.74, 6) is -0.481. The van der Waals surface area contributed by atoms with E-state index in [0.717, 1.165) is 10.4 Å². The highest BCUT2D eigenvalue weighted by atomic mass is 32.1. The number of benzene rings is 1. The number of carbonyl (C=O) groups excluding carboxylic acids is 3. The minimum atomic E-state index is -0.560. The van der Waals surface area contributed by atoms with Gasteiger partial charge in [0.2, 0.25) is 0 Å². The molecule has 0 radical (unpaired) electrons. The Morgan fingerprint density at radius 1 is 1.26 bits per heavy atom. The minimum absolute atomic E-state index is 0.0611. The van der Waals surface area contributed by atoms with Crippen LogP contribution in [0.5, 0.6) is 5.75 Å². The number of thiophene rings is 1. The molecule has 0 unspecified atom stereocenters. The van der Waals surface area contributed by atoms with Gasteiger partial charge in [0.15, 0.2) is 5.78 Å². The third kappa shape index (κ3) is 3.60. The molecule has 27 heavy (non-hydrogen) atoms. The number of fused-ring (bicyclic) bond motifs is 1. The summed E-state index contributed by atoms with van der Waals surface area (Å²) >= 11 is 1.31. The van der Waals surface area contributed by atoms with Gasteiger partial charge in [-0.25, -0.2) is 4.79 Å². The van der Waals surface area contributed by atoms with Gasteiger partial charge in [-0.3, -0.25) is 9.59 Å². The first-order valence-corrected chi connectivity index (χ1v) is 9.30. The maximum Gasteiger partial charge on any atom is 0.341 e. The summed E-state index contributed by atoms with van der Waals surface area (Å²) in [6.07, 6.45) is 0.251. The third-order valence-electron chi connectivity index (χ3n) is 4.52. The molecule has 6 nitrogen and oxygen atoms in total. The molecule has 0 saturated carbocycles. The van der Waals surface area contributed by atoms with Crippen LogP contribution in [0.1, 0.15) is 61.8 Å². The number of amides is 1. The third-order valence-corrected chi connectivity index (χ3v) is 5.64. The van der Waals surface area contributed by atoms with Crippen LogP contribution in [0.2, 0.25) is 0 Å². The van der Waals surface area contributed by atoms with Crippen molar-refractivity contribution in [3.05, 3.63) is 45.3 Å². The second kappa shape index (κ2) is 6.81. The van der Waals surface area contributed by atoms with Gasteiger partial charge in [0.25, 0.3) is 5.91 Å². The number of aryl methyl sites for hydroxylation is 1. The molecular weight excluding hydrogens is 366 g/mol. The topological polar surface area (TPSA) is 81.7 Å². The molecule has 2 heterocycles. The van der Waals surface area contributed by atoms with Crippen molar-refractivity contribution in [3.8, 4) is 5.75 Å². The molecule has 1 amide bonds.